The molecule has 16 heavy (non-hydrogen) atoms. The average Bonchev–Trinajstić information content (AvgIpc) is 2.37. The Balaban J connectivity index is 0.000000487. The van der Waals surface area contributed by atoms with Crippen molar-refractivity contribution in [3.05, 3.63) is 0 Å². The molecule has 1 heterocycles. The van der Waals surface area contributed by atoms with Crippen LogP contribution >= 0.6 is 0 Å². The van der Waals surface area contributed by atoms with E-state index in [1.807, 2.05) is 0 Å². The molecule has 0 saturated carbocycles. The van der Waals surface area contributed by atoms with E-state index in [4.69, 9.17) is 0 Å². The molecule has 1 fully saturated rings. The van der Waals surface area contributed by atoms with Crippen LogP contribution in [0.2, 0.25) is 0 Å². The van der Waals surface area contributed by atoms with Crippen LogP contribution in [0.15, 0.2) is 0 Å². The van der Waals surface area contributed by atoms with Gasteiger partial charge in [0.15, 0.2) is 0 Å². The third-order valence-corrected chi connectivity index (χ3v) is 3.62. The van der Waals surface area contributed by atoms with E-state index in [0.29, 0.717) is 0 Å². The van der Waals surface area contributed by atoms with Crippen molar-refractivity contribution in [1.29, 1.82) is 0 Å². The maximum atomic E-state index is 2.57. The lowest BCUT2D eigenvalue weighted by Crippen LogP contribution is -2.33. The van der Waals surface area contributed by atoms with Crippen LogP contribution in [0.5, 0.6) is 0 Å². The summed E-state index contributed by atoms with van der Waals surface area (Å²) in [6.45, 7) is 12.9. The van der Waals surface area contributed by atoms with E-state index in [1.165, 1.54) is 64.6 Å². The molecule has 0 N–H and O–H groups in total. The van der Waals surface area contributed by atoms with Crippen molar-refractivity contribution in [2.24, 2.45) is 5.92 Å². The number of hydrogen-bond acceptors (Lipinski definition) is 1. The first-order valence-corrected chi connectivity index (χ1v) is 7.50. The van der Waals surface area contributed by atoms with Crippen molar-refractivity contribution >= 4 is 0 Å². The Labute approximate surface area is 104 Å². The fourth-order valence-corrected chi connectivity index (χ4v) is 2.08. The zero-order valence-electron chi connectivity index (χ0n) is 12.1. The van der Waals surface area contributed by atoms with Gasteiger partial charge in [0.1, 0.15) is 0 Å². The lowest BCUT2D eigenvalue weighted by atomic mass is 9.92. The summed E-state index contributed by atoms with van der Waals surface area (Å²) in [7, 11) is 0. The number of nitrogens with zero attached hydrogens (tertiary/aromatic N) is 1. The summed E-state index contributed by atoms with van der Waals surface area (Å²) in [6.07, 6.45) is 9.83. The van der Waals surface area contributed by atoms with E-state index >= 15 is 0 Å². The lowest BCUT2D eigenvalue weighted by molar-refractivity contribution is 0.185. The predicted octanol–water partition coefficient (Wildman–Crippen LogP) is 4.71. The molecule has 0 aromatic carbocycles. The zero-order valence-corrected chi connectivity index (χ0v) is 12.1. The first-order chi connectivity index (χ1) is 7.78. The first-order valence-electron chi connectivity index (χ1n) is 7.50. The number of unbranched alkanes of at least 4 members (excludes halogenated alkanes) is 2. The molecular formula is C15H33N. The number of rotatable bonds is 5. The van der Waals surface area contributed by atoms with Gasteiger partial charge in [0.2, 0.25) is 0 Å². The Hall–Kier alpha value is -0.0400. The summed E-state index contributed by atoms with van der Waals surface area (Å²) in [6, 6.07) is 0. The number of hydrogen-bond donors (Lipinski definition) is 0. The molecule has 0 aliphatic carbocycles. The Morgan fingerprint density at radius 1 is 0.875 bits per heavy atom. The van der Waals surface area contributed by atoms with Crippen molar-refractivity contribution < 1.29 is 0 Å². The van der Waals surface area contributed by atoms with Gasteiger partial charge in [0, 0.05) is 0 Å². The zero-order chi connectivity index (χ0) is 12.2. The van der Waals surface area contributed by atoms with Crippen LogP contribution in [0.4, 0.5) is 0 Å². The number of likely N-dealkylation sites (tertiary alicyclic amines) is 1. The molecule has 0 atom stereocenters. The molecule has 1 saturated heterocycles. The Morgan fingerprint density at radius 3 is 1.81 bits per heavy atom. The molecule has 0 spiro atoms. The van der Waals surface area contributed by atoms with Crippen molar-refractivity contribution in [2.75, 3.05) is 19.6 Å². The van der Waals surface area contributed by atoms with Crippen molar-refractivity contribution in [1.82, 2.24) is 4.90 Å². The summed E-state index contributed by atoms with van der Waals surface area (Å²) in [5.74, 6) is 1.05. The maximum absolute atomic E-state index is 2.57. The molecule has 1 rings (SSSR count). The second-order valence-electron chi connectivity index (χ2n) is 5.02. The molecule has 98 valence electrons. The lowest BCUT2D eigenvalue weighted by Gasteiger charge is -2.30. The third kappa shape index (κ3) is 8.15. The topological polar surface area (TPSA) is 3.24 Å². The van der Waals surface area contributed by atoms with E-state index < -0.39 is 0 Å². The van der Waals surface area contributed by atoms with Gasteiger partial charge in [-0.15, -0.1) is 0 Å². The SMILES string of the molecule is CCCC.CCCCC1CCN(CC)CC1. The van der Waals surface area contributed by atoms with Gasteiger partial charge in [0.25, 0.3) is 0 Å². The van der Waals surface area contributed by atoms with Crippen molar-refractivity contribution in [3.63, 3.8) is 0 Å². The van der Waals surface area contributed by atoms with E-state index in [2.05, 4.69) is 32.6 Å². The van der Waals surface area contributed by atoms with Gasteiger partial charge in [-0.3, -0.25) is 0 Å². The first kappa shape index (κ1) is 16.0. The van der Waals surface area contributed by atoms with Crippen LogP contribution in [0, 0.1) is 5.92 Å². The van der Waals surface area contributed by atoms with Crippen LogP contribution in [0.1, 0.15) is 72.6 Å². The van der Waals surface area contributed by atoms with Crippen LogP contribution in [0.3, 0.4) is 0 Å². The maximum Gasteiger partial charge on any atom is -0.00162 e. The van der Waals surface area contributed by atoms with Gasteiger partial charge in [-0.1, -0.05) is 59.8 Å². The van der Waals surface area contributed by atoms with Crippen molar-refractivity contribution in [2.45, 2.75) is 72.6 Å². The summed E-state index contributed by atoms with van der Waals surface area (Å²) < 4.78 is 0. The number of piperidine rings is 1. The molecule has 0 amide bonds. The minimum absolute atomic E-state index is 1.05. The van der Waals surface area contributed by atoms with Crippen molar-refractivity contribution in [3.8, 4) is 0 Å². The molecule has 0 bridgehead atoms. The minimum atomic E-state index is 1.05. The second kappa shape index (κ2) is 11.4. The molecule has 0 radical (unpaired) electrons. The fraction of sp³-hybridized carbons (Fsp3) is 1.00. The van der Waals surface area contributed by atoms with Gasteiger partial charge in [0.05, 0.1) is 0 Å². The van der Waals surface area contributed by atoms with Crippen LogP contribution in [0.25, 0.3) is 0 Å². The highest BCUT2D eigenvalue weighted by Crippen LogP contribution is 2.21. The average molecular weight is 227 g/mol. The van der Waals surface area contributed by atoms with Crippen LogP contribution in [-0.4, -0.2) is 24.5 Å². The quantitative estimate of drug-likeness (QED) is 0.657. The Kier molecular flexibility index (Phi) is 11.4. The smallest absolute Gasteiger partial charge is 0.00162 e. The highest BCUT2D eigenvalue weighted by molar-refractivity contribution is 4.70. The highest BCUT2D eigenvalue weighted by Gasteiger charge is 2.16. The van der Waals surface area contributed by atoms with E-state index in [-0.39, 0.29) is 0 Å². The van der Waals surface area contributed by atoms with E-state index in [1.54, 1.807) is 0 Å². The highest BCUT2D eigenvalue weighted by atomic mass is 15.1. The molecular weight excluding hydrogens is 194 g/mol. The van der Waals surface area contributed by atoms with Gasteiger partial charge < -0.3 is 4.90 Å². The molecule has 0 aromatic rings. The third-order valence-electron chi connectivity index (χ3n) is 3.62. The molecule has 1 heteroatoms. The normalized spacial score (nSPS) is 18.0. The van der Waals surface area contributed by atoms with Crippen LogP contribution in [-0.2, 0) is 0 Å². The summed E-state index contributed by atoms with van der Waals surface area (Å²) >= 11 is 0. The largest absolute Gasteiger partial charge is 0.304 e. The predicted molar refractivity (Wildman–Crippen MR) is 74.9 cm³/mol. The van der Waals surface area contributed by atoms with Gasteiger partial charge >= 0.3 is 0 Å². The molecule has 1 aliphatic heterocycles. The Morgan fingerprint density at radius 2 is 1.44 bits per heavy atom. The standard InChI is InChI=1S/C11H23N.C4H10/c1-3-5-6-11-7-9-12(4-2)10-8-11;1-3-4-2/h11H,3-10H2,1-2H3;3-4H2,1-2H3. The van der Waals surface area contributed by atoms with Crippen LogP contribution < -0.4 is 0 Å². The van der Waals surface area contributed by atoms with Gasteiger partial charge in [-0.2, -0.15) is 0 Å². The monoisotopic (exact) mass is 227 g/mol. The van der Waals surface area contributed by atoms with Gasteiger partial charge in [-0.05, 0) is 38.4 Å². The van der Waals surface area contributed by atoms with E-state index in [0.717, 1.165) is 5.92 Å². The molecule has 1 aliphatic rings. The summed E-state index contributed by atoms with van der Waals surface area (Å²) in [4.78, 5) is 2.57. The Bertz CT molecular complexity index is 123. The summed E-state index contributed by atoms with van der Waals surface area (Å²) in [5.41, 5.74) is 0. The van der Waals surface area contributed by atoms with Gasteiger partial charge in [-0.25, -0.2) is 0 Å². The molecule has 0 aromatic heterocycles. The fourth-order valence-electron chi connectivity index (χ4n) is 2.08. The second-order valence-corrected chi connectivity index (χ2v) is 5.02. The summed E-state index contributed by atoms with van der Waals surface area (Å²) in [5, 5.41) is 0. The molecule has 1 nitrogen and oxygen atoms in total. The minimum Gasteiger partial charge on any atom is -0.304 e. The van der Waals surface area contributed by atoms with E-state index in [9.17, 15) is 0 Å². The molecule has 0 unspecified atom stereocenters.